The van der Waals surface area contributed by atoms with E-state index in [4.69, 9.17) is 4.74 Å². The van der Waals surface area contributed by atoms with Crippen molar-refractivity contribution in [2.24, 2.45) is 5.92 Å². The zero-order valence-corrected chi connectivity index (χ0v) is 10.4. The van der Waals surface area contributed by atoms with E-state index in [9.17, 15) is 4.79 Å². The second-order valence-electron chi connectivity index (χ2n) is 4.72. The standard InChI is InChI=1S/C14H24O2/c1-3-5-6-7-8-10-13-11-12(9-4-2)14(15)16-13/h4,12-13H,2-3,5-11H2,1H3. The predicted molar refractivity (Wildman–Crippen MR) is 66.2 cm³/mol. The van der Waals surface area contributed by atoms with E-state index in [1.54, 1.807) is 0 Å². The highest BCUT2D eigenvalue weighted by molar-refractivity contribution is 5.74. The molecule has 0 bridgehead atoms. The maximum Gasteiger partial charge on any atom is 0.309 e. The number of carbonyl (C=O) groups excluding carboxylic acids is 1. The first-order valence-electron chi connectivity index (χ1n) is 6.59. The maximum absolute atomic E-state index is 11.4. The van der Waals surface area contributed by atoms with E-state index in [0.29, 0.717) is 0 Å². The molecule has 2 nitrogen and oxygen atoms in total. The quantitative estimate of drug-likeness (QED) is 0.355. The van der Waals surface area contributed by atoms with E-state index in [2.05, 4.69) is 13.5 Å². The van der Waals surface area contributed by atoms with E-state index in [1.807, 2.05) is 6.08 Å². The Kier molecular flexibility index (Phi) is 6.20. The van der Waals surface area contributed by atoms with Gasteiger partial charge in [-0.25, -0.2) is 0 Å². The van der Waals surface area contributed by atoms with Gasteiger partial charge in [-0.15, -0.1) is 6.58 Å². The second-order valence-corrected chi connectivity index (χ2v) is 4.72. The van der Waals surface area contributed by atoms with Crippen LogP contribution in [0.1, 0.15) is 58.3 Å². The molecule has 2 atom stereocenters. The molecule has 1 aliphatic rings. The van der Waals surface area contributed by atoms with E-state index in [-0.39, 0.29) is 18.0 Å². The number of carbonyl (C=O) groups is 1. The van der Waals surface area contributed by atoms with E-state index in [0.717, 1.165) is 19.3 Å². The molecule has 0 spiro atoms. The topological polar surface area (TPSA) is 26.3 Å². The fraction of sp³-hybridized carbons (Fsp3) is 0.786. The number of allylic oxidation sites excluding steroid dienone is 1. The van der Waals surface area contributed by atoms with Crippen LogP contribution in [0.4, 0.5) is 0 Å². The summed E-state index contributed by atoms with van der Waals surface area (Å²) >= 11 is 0. The highest BCUT2D eigenvalue weighted by Crippen LogP contribution is 2.27. The molecule has 0 aromatic carbocycles. The molecule has 1 fully saturated rings. The third kappa shape index (κ3) is 4.38. The summed E-state index contributed by atoms with van der Waals surface area (Å²) in [5, 5.41) is 0. The SMILES string of the molecule is C=CCC1CC(CCCCCCC)OC1=O. The minimum atomic E-state index is -0.0153. The molecule has 1 rings (SSSR count). The Bertz CT molecular complexity index is 223. The Morgan fingerprint density at radius 3 is 2.81 bits per heavy atom. The minimum Gasteiger partial charge on any atom is -0.462 e. The third-order valence-corrected chi connectivity index (χ3v) is 3.24. The van der Waals surface area contributed by atoms with Gasteiger partial charge in [-0.2, -0.15) is 0 Å². The molecule has 0 saturated carbocycles. The van der Waals surface area contributed by atoms with Gasteiger partial charge >= 0.3 is 5.97 Å². The smallest absolute Gasteiger partial charge is 0.309 e. The molecule has 0 aliphatic carbocycles. The van der Waals surface area contributed by atoms with E-state index in [1.165, 1.54) is 32.1 Å². The van der Waals surface area contributed by atoms with Crippen molar-refractivity contribution in [1.82, 2.24) is 0 Å². The van der Waals surface area contributed by atoms with Crippen LogP contribution in [0.3, 0.4) is 0 Å². The van der Waals surface area contributed by atoms with Crippen LogP contribution in [-0.4, -0.2) is 12.1 Å². The molecule has 1 saturated heterocycles. The van der Waals surface area contributed by atoms with E-state index >= 15 is 0 Å². The maximum atomic E-state index is 11.4. The van der Waals surface area contributed by atoms with Crippen molar-refractivity contribution in [1.29, 1.82) is 0 Å². The Morgan fingerprint density at radius 2 is 2.12 bits per heavy atom. The molecule has 0 amide bonds. The van der Waals surface area contributed by atoms with Gasteiger partial charge in [0.2, 0.25) is 0 Å². The van der Waals surface area contributed by atoms with Crippen LogP contribution in [0, 0.1) is 5.92 Å². The van der Waals surface area contributed by atoms with Gasteiger partial charge < -0.3 is 4.74 Å². The summed E-state index contributed by atoms with van der Waals surface area (Å²) < 4.78 is 5.35. The van der Waals surface area contributed by atoms with Crippen LogP contribution < -0.4 is 0 Å². The largest absolute Gasteiger partial charge is 0.462 e. The summed E-state index contributed by atoms with van der Waals surface area (Å²) in [4.78, 5) is 11.4. The average molecular weight is 224 g/mol. The summed E-state index contributed by atoms with van der Waals surface area (Å²) in [7, 11) is 0. The summed E-state index contributed by atoms with van der Waals surface area (Å²) in [5.74, 6) is 0.0663. The Balaban J connectivity index is 2.10. The first kappa shape index (κ1) is 13.3. The molecule has 2 heteroatoms. The highest BCUT2D eigenvalue weighted by Gasteiger charge is 2.32. The molecule has 16 heavy (non-hydrogen) atoms. The van der Waals surface area contributed by atoms with Crippen molar-refractivity contribution in [2.45, 2.75) is 64.4 Å². The van der Waals surface area contributed by atoms with Crippen molar-refractivity contribution in [3.8, 4) is 0 Å². The monoisotopic (exact) mass is 224 g/mol. The second kappa shape index (κ2) is 7.48. The molecular formula is C14H24O2. The van der Waals surface area contributed by atoms with Crippen LogP contribution in [0.2, 0.25) is 0 Å². The fourth-order valence-electron chi connectivity index (χ4n) is 2.27. The zero-order valence-electron chi connectivity index (χ0n) is 10.4. The Labute approximate surface area is 99.1 Å². The first-order valence-corrected chi connectivity index (χ1v) is 6.59. The van der Waals surface area contributed by atoms with Crippen molar-refractivity contribution < 1.29 is 9.53 Å². The normalized spacial score (nSPS) is 24.4. The number of unbranched alkanes of at least 4 members (excludes halogenated alkanes) is 4. The molecule has 0 N–H and O–H groups in total. The number of esters is 1. The molecular weight excluding hydrogens is 200 g/mol. The number of ether oxygens (including phenoxy) is 1. The van der Waals surface area contributed by atoms with Crippen LogP contribution in [0.5, 0.6) is 0 Å². The van der Waals surface area contributed by atoms with Gasteiger partial charge in [-0.05, 0) is 25.7 Å². The van der Waals surface area contributed by atoms with Gasteiger partial charge in [-0.1, -0.05) is 38.7 Å². The number of cyclic esters (lactones) is 1. The number of hydrogen-bond acceptors (Lipinski definition) is 2. The minimum absolute atomic E-state index is 0.0153. The fourth-order valence-corrected chi connectivity index (χ4v) is 2.27. The third-order valence-electron chi connectivity index (χ3n) is 3.24. The van der Waals surface area contributed by atoms with E-state index < -0.39 is 0 Å². The van der Waals surface area contributed by atoms with Gasteiger partial charge in [0, 0.05) is 0 Å². The molecule has 0 aromatic rings. The predicted octanol–water partition coefficient (Wildman–Crippen LogP) is 3.85. The summed E-state index contributed by atoms with van der Waals surface area (Å²) in [6.07, 6.45) is 11.1. The van der Waals surface area contributed by atoms with Crippen LogP contribution >= 0.6 is 0 Å². The van der Waals surface area contributed by atoms with Gasteiger partial charge in [0.25, 0.3) is 0 Å². The average Bonchev–Trinajstić information content (AvgIpc) is 2.60. The van der Waals surface area contributed by atoms with Gasteiger partial charge in [0.1, 0.15) is 6.10 Å². The lowest BCUT2D eigenvalue weighted by Gasteiger charge is -2.07. The summed E-state index contributed by atoms with van der Waals surface area (Å²) in [6, 6.07) is 0. The lowest BCUT2D eigenvalue weighted by atomic mass is 9.98. The molecule has 0 radical (unpaired) electrons. The number of hydrogen-bond donors (Lipinski definition) is 0. The first-order chi connectivity index (χ1) is 7.77. The van der Waals surface area contributed by atoms with Gasteiger partial charge in [0.15, 0.2) is 0 Å². The van der Waals surface area contributed by atoms with Crippen molar-refractivity contribution in [2.75, 3.05) is 0 Å². The molecule has 2 unspecified atom stereocenters. The lowest BCUT2D eigenvalue weighted by molar-refractivity contribution is -0.144. The summed E-state index contributed by atoms with van der Waals surface area (Å²) in [5.41, 5.74) is 0. The van der Waals surface area contributed by atoms with Crippen molar-refractivity contribution in [3.63, 3.8) is 0 Å². The van der Waals surface area contributed by atoms with Crippen molar-refractivity contribution in [3.05, 3.63) is 12.7 Å². The Morgan fingerprint density at radius 1 is 1.38 bits per heavy atom. The molecule has 0 aromatic heterocycles. The highest BCUT2D eigenvalue weighted by atomic mass is 16.5. The summed E-state index contributed by atoms with van der Waals surface area (Å²) in [6.45, 7) is 5.89. The number of rotatable bonds is 8. The molecule has 92 valence electrons. The lowest BCUT2D eigenvalue weighted by Crippen LogP contribution is -2.06. The van der Waals surface area contributed by atoms with Crippen LogP contribution in [-0.2, 0) is 9.53 Å². The van der Waals surface area contributed by atoms with Gasteiger partial charge in [-0.3, -0.25) is 4.79 Å². The Hall–Kier alpha value is -0.790. The molecule has 1 heterocycles. The van der Waals surface area contributed by atoms with Crippen LogP contribution in [0.25, 0.3) is 0 Å². The van der Waals surface area contributed by atoms with Gasteiger partial charge in [0.05, 0.1) is 5.92 Å². The van der Waals surface area contributed by atoms with Crippen LogP contribution in [0.15, 0.2) is 12.7 Å². The molecule has 1 aliphatic heterocycles. The zero-order chi connectivity index (χ0) is 11.8. The van der Waals surface area contributed by atoms with Crippen molar-refractivity contribution >= 4 is 5.97 Å².